The fourth-order valence-corrected chi connectivity index (χ4v) is 2.17. The fourth-order valence-electron chi connectivity index (χ4n) is 1.92. The Morgan fingerprint density at radius 2 is 2.00 bits per heavy atom. The van der Waals surface area contributed by atoms with E-state index < -0.39 is 11.9 Å². The summed E-state index contributed by atoms with van der Waals surface area (Å²) >= 11 is 6.08. The molecule has 1 atom stereocenters. The van der Waals surface area contributed by atoms with E-state index in [-0.39, 0.29) is 5.92 Å². The van der Waals surface area contributed by atoms with E-state index >= 15 is 0 Å². The minimum Gasteiger partial charge on any atom is -0.496 e. The molecule has 0 heterocycles. The van der Waals surface area contributed by atoms with Crippen LogP contribution in [0.5, 0.6) is 5.75 Å². The molecule has 3 nitrogen and oxygen atoms in total. The molecule has 1 aromatic carbocycles. The van der Waals surface area contributed by atoms with Crippen LogP contribution in [0.15, 0.2) is 12.1 Å². The topological polar surface area (TPSA) is 46.5 Å². The van der Waals surface area contributed by atoms with Crippen LogP contribution in [0.3, 0.4) is 0 Å². The van der Waals surface area contributed by atoms with E-state index in [0.717, 1.165) is 16.9 Å². The van der Waals surface area contributed by atoms with Crippen molar-refractivity contribution in [2.75, 3.05) is 7.11 Å². The van der Waals surface area contributed by atoms with Crippen LogP contribution in [-0.2, 0) is 11.2 Å². The third kappa shape index (κ3) is 3.39. The Bertz CT molecular complexity index is 441. The average Bonchev–Trinajstić information content (AvgIpc) is 2.27. The predicted octanol–water partition coefficient (Wildman–Crippen LogP) is 3.74. The van der Waals surface area contributed by atoms with Gasteiger partial charge in [-0.3, -0.25) is 4.79 Å². The van der Waals surface area contributed by atoms with Gasteiger partial charge in [-0.1, -0.05) is 32.4 Å². The Balaban J connectivity index is 3.21. The van der Waals surface area contributed by atoms with E-state index in [0.29, 0.717) is 11.4 Å². The van der Waals surface area contributed by atoms with Crippen LogP contribution in [-0.4, -0.2) is 18.2 Å². The number of benzene rings is 1. The molecular weight excluding hydrogens is 252 g/mol. The molecule has 0 aliphatic carbocycles. The third-order valence-corrected chi connectivity index (χ3v) is 3.15. The summed E-state index contributed by atoms with van der Waals surface area (Å²) in [7, 11) is 1.60. The minimum absolute atomic E-state index is 0.275. The molecule has 0 amide bonds. The Labute approximate surface area is 113 Å². The molecule has 1 unspecified atom stereocenters. The summed E-state index contributed by atoms with van der Waals surface area (Å²) in [6, 6.07) is 3.66. The number of ether oxygens (including phenoxy) is 1. The fraction of sp³-hybridized carbons (Fsp3) is 0.500. The van der Waals surface area contributed by atoms with Crippen LogP contribution in [0.4, 0.5) is 0 Å². The lowest BCUT2D eigenvalue weighted by atomic mass is 9.94. The van der Waals surface area contributed by atoms with Gasteiger partial charge in [0.25, 0.3) is 0 Å². The summed E-state index contributed by atoms with van der Waals surface area (Å²) in [5.41, 5.74) is 1.86. The van der Waals surface area contributed by atoms with Crippen LogP contribution in [0, 0.1) is 5.92 Å². The number of carbonyl (C=O) groups is 1. The lowest BCUT2D eigenvalue weighted by molar-refractivity contribution is -0.141. The number of carboxylic acids is 1. The lowest BCUT2D eigenvalue weighted by Crippen LogP contribution is -2.13. The molecule has 0 bridgehead atoms. The number of aliphatic carboxylic acids is 1. The van der Waals surface area contributed by atoms with Gasteiger partial charge in [0.2, 0.25) is 0 Å². The van der Waals surface area contributed by atoms with E-state index in [4.69, 9.17) is 21.4 Å². The first-order valence-corrected chi connectivity index (χ1v) is 6.33. The minimum atomic E-state index is -0.817. The van der Waals surface area contributed by atoms with Crippen molar-refractivity contribution in [2.45, 2.75) is 33.1 Å². The van der Waals surface area contributed by atoms with Crippen LogP contribution < -0.4 is 4.74 Å². The molecule has 1 rings (SSSR count). The average molecular weight is 271 g/mol. The van der Waals surface area contributed by atoms with Gasteiger partial charge < -0.3 is 9.84 Å². The van der Waals surface area contributed by atoms with E-state index in [1.807, 2.05) is 6.07 Å². The van der Waals surface area contributed by atoms with Crippen molar-refractivity contribution in [3.8, 4) is 5.75 Å². The standard InChI is InChI=1S/C14H19ClO3/c1-8(2)12-7-11(15)6-10(13(12)18-4)5-9(3)14(16)17/h6-9H,5H2,1-4H3,(H,16,17). The van der Waals surface area contributed by atoms with Crippen LogP contribution in [0.25, 0.3) is 0 Å². The van der Waals surface area contributed by atoms with Gasteiger partial charge in [-0.2, -0.15) is 0 Å². The van der Waals surface area contributed by atoms with Gasteiger partial charge in [0.15, 0.2) is 0 Å². The maximum Gasteiger partial charge on any atom is 0.306 e. The molecule has 4 heteroatoms. The molecule has 0 aromatic heterocycles. The van der Waals surface area contributed by atoms with Crippen molar-refractivity contribution in [1.82, 2.24) is 0 Å². The highest BCUT2D eigenvalue weighted by molar-refractivity contribution is 6.30. The SMILES string of the molecule is COc1c(CC(C)C(=O)O)cc(Cl)cc1C(C)C. The molecule has 1 aromatic rings. The van der Waals surface area contributed by atoms with Crippen molar-refractivity contribution < 1.29 is 14.6 Å². The van der Waals surface area contributed by atoms with Crippen LogP contribution in [0.2, 0.25) is 5.02 Å². The molecule has 18 heavy (non-hydrogen) atoms. The smallest absolute Gasteiger partial charge is 0.306 e. The van der Waals surface area contributed by atoms with Gasteiger partial charge in [-0.05, 0) is 35.6 Å². The van der Waals surface area contributed by atoms with Crippen LogP contribution in [0.1, 0.15) is 37.8 Å². The molecule has 0 aliphatic heterocycles. The Morgan fingerprint density at radius 3 is 2.44 bits per heavy atom. The van der Waals surface area contributed by atoms with Gasteiger partial charge in [0.1, 0.15) is 5.75 Å². The highest BCUT2D eigenvalue weighted by Gasteiger charge is 2.18. The summed E-state index contributed by atoms with van der Waals surface area (Å²) in [5, 5.41) is 9.60. The first kappa shape index (κ1) is 14.8. The largest absolute Gasteiger partial charge is 0.496 e. The summed E-state index contributed by atoms with van der Waals surface area (Å²) in [4.78, 5) is 10.9. The summed E-state index contributed by atoms with van der Waals surface area (Å²) in [5.74, 6) is -0.250. The highest BCUT2D eigenvalue weighted by atomic mass is 35.5. The lowest BCUT2D eigenvalue weighted by Gasteiger charge is -2.18. The molecule has 0 spiro atoms. The van der Waals surface area contributed by atoms with E-state index in [2.05, 4.69) is 13.8 Å². The summed E-state index contributed by atoms with van der Waals surface area (Å²) < 4.78 is 5.42. The Kier molecular flexibility index (Phi) is 5.03. The molecule has 0 aliphatic rings. The van der Waals surface area contributed by atoms with Crippen molar-refractivity contribution in [2.24, 2.45) is 5.92 Å². The summed E-state index contributed by atoms with van der Waals surface area (Å²) in [6.45, 7) is 5.79. The quantitative estimate of drug-likeness (QED) is 0.887. The maximum atomic E-state index is 10.9. The number of rotatable bonds is 5. The zero-order valence-electron chi connectivity index (χ0n) is 11.2. The van der Waals surface area contributed by atoms with E-state index in [1.54, 1.807) is 20.1 Å². The van der Waals surface area contributed by atoms with E-state index in [9.17, 15) is 4.79 Å². The molecule has 1 N–H and O–H groups in total. The van der Waals surface area contributed by atoms with Crippen LogP contribution >= 0.6 is 11.6 Å². The second-order valence-electron chi connectivity index (χ2n) is 4.79. The third-order valence-electron chi connectivity index (χ3n) is 2.93. The molecule has 0 saturated heterocycles. The maximum absolute atomic E-state index is 10.9. The van der Waals surface area contributed by atoms with Crippen molar-refractivity contribution >= 4 is 17.6 Å². The first-order chi connectivity index (χ1) is 8.36. The van der Waals surface area contributed by atoms with Gasteiger partial charge in [-0.15, -0.1) is 0 Å². The highest BCUT2D eigenvalue weighted by Crippen LogP contribution is 2.34. The van der Waals surface area contributed by atoms with Gasteiger partial charge in [0, 0.05) is 5.02 Å². The van der Waals surface area contributed by atoms with Crippen molar-refractivity contribution in [3.05, 3.63) is 28.3 Å². The summed E-state index contributed by atoms with van der Waals surface area (Å²) in [6.07, 6.45) is 0.415. The van der Waals surface area contributed by atoms with Gasteiger partial charge in [-0.25, -0.2) is 0 Å². The van der Waals surface area contributed by atoms with Gasteiger partial charge in [0.05, 0.1) is 13.0 Å². The Hall–Kier alpha value is -1.22. The number of hydrogen-bond donors (Lipinski definition) is 1. The van der Waals surface area contributed by atoms with E-state index in [1.165, 1.54) is 0 Å². The van der Waals surface area contributed by atoms with Crippen molar-refractivity contribution in [1.29, 1.82) is 0 Å². The first-order valence-electron chi connectivity index (χ1n) is 5.95. The molecule has 0 fully saturated rings. The predicted molar refractivity (Wildman–Crippen MR) is 72.6 cm³/mol. The second-order valence-corrected chi connectivity index (χ2v) is 5.22. The number of halogens is 1. The number of hydrogen-bond acceptors (Lipinski definition) is 2. The van der Waals surface area contributed by atoms with Gasteiger partial charge >= 0.3 is 5.97 Å². The molecular formula is C14H19ClO3. The zero-order valence-corrected chi connectivity index (χ0v) is 11.9. The normalized spacial score (nSPS) is 12.6. The molecule has 100 valence electrons. The monoisotopic (exact) mass is 270 g/mol. The zero-order chi connectivity index (χ0) is 13.9. The molecule has 0 saturated carbocycles. The number of methoxy groups -OCH3 is 1. The second kappa shape index (κ2) is 6.10. The number of carboxylic acid groups (broad SMARTS) is 1. The van der Waals surface area contributed by atoms with Crippen molar-refractivity contribution in [3.63, 3.8) is 0 Å². The Morgan fingerprint density at radius 1 is 1.39 bits per heavy atom. The molecule has 0 radical (unpaired) electrons.